The summed E-state index contributed by atoms with van der Waals surface area (Å²) in [7, 11) is 0. The average molecular weight is 443 g/mol. The van der Waals surface area contributed by atoms with Crippen molar-refractivity contribution in [1.29, 1.82) is 0 Å². The number of rotatable bonds is 6. The Bertz CT molecular complexity index is 766. The lowest BCUT2D eigenvalue weighted by Gasteiger charge is -2.57. The summed E-state index contributed by atoms with van der Waals surface area (Å²) in [4.78, 5) is 25.1. The maximum Gasteiger partial charge on any atom is 0.302 e. The summed E-state index contributed by atoms with van der Waals surface area (Å²) >= 11 is 0. The SMILES string of the molecule is CC(=O)O[C@@H]1CC[C@]2(C)C(=CC(=O)[C@H]3[C@H]4CC[C@@H]([C@H](C)CCCC(C)C)[C@@]4(C)CC[C@@H]32)C1. The Morgan fingerprint density at radius 2 is 1.81 bits per heavy atom. The van der Waals surface area contributed by atoms with Crippen LogP contribution in [0.2, 0.25) is 0 Å². The molecule has 0 radical (unpaired) electrons. The molecule has 3 heteroatoms. The zero-order chi connectivity index (χ0) is 23.3. The Morgan fingerprint density at radius 1 is 1.06 bits per heavy atom. The molecule has 3 nitrogen and oxygen atoms in total. The van der Waals surface area contributed by atoms with Gasteiger partial charge >= 0.3 is 5.97 Å². The molecule has 4 aliphatic rings. The van der Waals surface area contributed by atoms with Gasteiger partial charge in [0.2, 0.25) is 0 Å². The van der Waals surface area contributed by atoms with E-state index in [0.717, 1.165) is 37.0 Å². The predicted octanol–water partition coefficient (Wildman–Crippen LogP) is 7.14. The highest BCUT2D eigenvalue weighted by atomic mass is 16.5. The van der Waals surface area contributed by atoms with Crippen molar-refractivity contribution in [2.24, 2.45) is 46.3 Å². The number of esters is 1. The van der Waals surface area contributed by atoms with Gasteiger partial charge in [-0.1, -0.05) is 59.5 Å². The fraction of sp³-hybridized carbons (Fsp3) is 0.862. The summed E-state index contributed by atoms with van der Waals surface area (Å²) in [5.41, 5.74) is 1.70. The molecule has 0 aromatic carbocycles. The van der Waals surface area contributed by atoms with Crippen molar-refractivity contribution >= 4 is 11.8 Å². The van der Waals surface area contributed by atoms with E-state index < -0.39 is 0 Å². The first-order valence-corrected chi connectivity index (χ1v) is 13.5. The topological polar surface area (TPSA) is 43.4 Å². The molecular formula is C29H46O3. The van der Waals surface area contributed by atoms with Crippen molar-refractivity contribution in [3.8, 4) is 0 Å². The third-order valence-electron chi connectivity index (χ3n) is 10.4. The number of fused-ring (bicyclic) bond motifs is 5. The standard InChI is InChI=1S/C29H46O3/c1-18(2)8-7-9-19(3)23-10-11-24-27-25(13-15-29(23,24)6)28(5)14-12-22(32-20(4)30)16-21(28)17-26(27)31/h17-19,22-25,27H,7-16H2,1-6H3/t19-,22-,23+,24-,25+,27+,28-,29-/m1/s1. The molecule has 180 valence electrons. The van der Waals surface area contributed by atoms with Gasteiger partial charge in [-0.15, -0.1) is 0 Å². The lowest BCUT2D eigenvalue weighted by molar-refractivity contribution is -0.149. The number of ketones is 1. The van der Waals surface area contributed by atoms with E-state index in [1.807, 2.05) is 6.08 Å². The normalized spacial score (nSPS) is 42.0. The van der Waals surface area contributed by atoms with Crippen LogP contribution >= 0.6 is 0 Å². The van der Waals surface area contributed by atoms with Gasteiger partial charge in [-0.3, -0.25) is 9.59 Å². The number of allylic oxidation sites excluding steroid dienone is 1. The van der Waals surface area contributed by atoms with Crippen molar-refractivity contribution in [2.75, 3.05) is 0 Å². The Labute approximate surface area is 196 Å². The zero-order valence-electron chi connectivity index (χ0n) is 21.4. The van der Waals surface area contributed by atoms with Gasteiger partial charge in [0.25, 0.3) is 0 Å². The van der Waals surface area contributed by atoms with E-state index in [9.17, 15) is 9.59 Å². The minimum absolute atomic E-state index is 0.0485. The van der Waals surface area contributed by atoms with Gasteiger partial charge in [0, 0.05) is 19.3 Å². The second kappa shape index (κ2) is 8.91. The van der Waals surface area contributed by atoms with Gasteiger partial charge < -0.3 is 4.74 Å². The lowest BCUT2D eigenvalue weighted by Crippen LogP contribution is -2.53. The highest BCUT2D eigenvalue weighted by molar-refractivity contribution is 5.94. The molecule has 0 bridgehead atoms. The van der Waals surface area contributed by atoms with Crippen LogP contribution < -0.4 is 0 Å². The van der Waals surface area contributed by atoms with Gasteiger partial charge in [-0.2, -0.15) is 0 Å². The first kappa shape index (κ1) is 24.0. The molecule has 0 aromatic heterocycles. The van der Waals surface area contributed by atoms with E-state index in [2.05, 4.69) is 34.6 Å². The van der Waals surface area contributed by atoms with Crippen LogP contribution in [0.5, 0.6) is 0 Å². The van der Waals surface area contributed by atoms with Crippen molar-refractivity contribution < 1.29 is 14.3 Å². The van der Waals surface area contributed by atoms with Gasteiger partial charge in [-0.25, -0.2) is 0 Å². The summed E-state index contributed by atoms with van der Waals surface area (Å²) in [5, 5.41) is 0. The van der Waals surface area contributed by atoms with Crippen LogP contribution in [0, 0.1) is 46.3 Å². The van der Waals surface area contributed by atoms with Crippen molar-refractivity contribution in [2.45, 2.75) is 112 Å². The van der Waals surface area contributed by atoms with E-state index in [-0.39, 0.29) is 23.4 Å². The molecule has 0 unspecified atom stereocenters. The van der Waals surface area contributed by atoms with Gasteiger partial charge in [-0.05, 0) is 85.0 Å². The number of hydrogen-bond acceptors (Lipinski definition) is 3. The van der Waals surface area contributed by atoms with Crippen molar-refractivity contribution in [3.05, 3.63) is 11.6 Å². The molecule has 0 saturated heterocycles. The van der Waals surface area contributed by atoms with Crippen LogP contribution in [0.1, 0.15) is 106 Å². The molecule has 3 fully saturated rings. The van der Waals surface area contributed by atoms with E-state index in [4.69, 9.17) is 4.74 Å². The Morgan fingerprint density at radius 3 is 2.50 bits per heavy atom. The second-order valence-electron chi connectivity index (χ2n) is 12.7. The third kappa shape index (κ3) is 4.11. The van der Waals surface area contributed by atoms with Crippen LogP contribution in [-0.2, 0) is 14.3 Å². The average Bonchev–Trinajstić information content (AvgIpc) is 3.05. The zero-order valence-corrected chi connectivity index (χ0v) is 21.4. The largest absolute Gasteiger partial charge is 0.462 e. The molecule has 0 amide bonds. The Balaban J connectivity index is 1.52. The maximum atomic E-state index is 13.6. The van der Waals surface area contributed by atoms with Crippen molar-refractivity contribution in [3.63, 3.8) is 0 Å². The molecule has 0 N–H and O–H groups in total. The molecule has 0 aromatic rings. The van der Waals surface area contributed by atoms with Crippen LogP contribution in [0.4, 0.5) is 0 Å². The van der Waals surface area contributed by atoms with E-state index in [1.165, 1.54) is 57.4 Å². The van der Waals surface area contributed by atoms with E-state index in [0.29, 0.717) is 23.0 Å². The molecule has 0 heterocycles. The fourth-order valence-electron chi connectivity index (χ4n) is 8.73. The van der Waals surface area contributed by atoms with Crippen LogP contribution in [0.3, 0.4) is 0 Å². The number of hydrogen-bond donors (Lipinski definition) is 0. The van der Waals surface area contributed by atoms with Gasteiger partial charge in [0.15, 0.2) is 5.78 Å². The summed E-state index contributed by atoms with van der Waals surface area (Å²) < 4.78 is 5.54. The highest BCUT2D eigenvalue weighted by Crippen LogP contribution is 2.66. The van der Waals surface area contributed by atoms with Gasteiger partial charge in [0.05, 0.1) is 0 Å². The summed E-state index contributed by atoms with van der Waals surface area (Å²) in [6.07, 6.45) is 13.7. The molecule has 8 atom stereocenters. The maximum absolute atomic E-state index is 13.6. The molecule has 3 saturated carbocycles. The van der Waals surface area contributed by atoms with Crippen LogP contribution in [0.15, 0.2) is 11.6 Å². The van der Waals surface area contributed by atoms with E-state index in [1.54, 1.807) is 0 Å². The number of ether oxygens (including phenoxy) is 1. The molecule has 0 aliphatic heterocycles. The first-order valence-electron chi connectivity index (χ1n) is 13.5. The minimum Gasteiger partial charge on any atom is -0.462 e. The molecule has 0 spiro atoms. The van der Waals surface area contributed by atoms with Gasteiger partial charge in [0.1, 0.15) is 6.10 Å². The molecular weight excluding hydrogens is 396 g/mol. The van der Waals surface area contributed by atoms with Crippen LogP contribution in [0.25, 0.3) is 0 Å². The molecule has 4 aliphatic carbocycles. The summed E-state index contributed by atoms with van der Waals surface area (Å²) in [6, 6.07) is 0. The molecule has 4 rings (SSSR count). The highest BCUT2D eigenvalue weighted by Gasteiger charge is 2.61. The Kier molecular flexibility index (Phi) is 6.69. The monoisotopic (exact) mass is 442 g/mol. The summed E-state index contributed by atoms with van der Waals surface area (Å²) in [6.45, 7) is 13.6. The smallest absolute Gasteiger partial charge is 0.302 e. The van der Waals surface area contributed by atoms with Crippen LogP contribution in [-0.4, -0.2) is 17.9 Å². The lowest BCUT2D eigenvalue weighted by atomic mass is 9.46. The van der Waals surface area contributed by atoms with Crippen molar-refractivity contribution in [1.82, 2.24) is 0 Å². The number of carbonyl (C=O) groups is 2. The molecule has 32 heavy (non-hydrogen) atoms. The summed E-state index contributed by atoms with van der Waals surface area (Å²) in [5.74, 6) is 3.74. The predicted molar refractivity (Wildman–Crippen MR) is 129 cm³/mol. The Hall–Kier alpha value is -1.12. The van der Waals surface area contributed by atoms with E-state index >= 15 is 0 Å². The quantitative estimate of drug-likeness (QED) is 0.411. The second-order valence-corrected chi connectivity index (χ2v) is 12.7. The third-order valence-corrected chi connectivity index (χ3v) is 10.4. The fourth-order valence-corrected chi connectivity index (χ4v) is 8.73. The first-order chi connectivity index (χ1) is 15.1. The minimum atomic E-state index is -0.202. The number of carbonyl (C=O) groups excluding carboxylic acids is 2.